The maximum Gasteiger partial charge on any atom is 0.458 e. The molecule has 224 valence electrons. The molecular weight excluding hydrogens is 590 g/mol. The van der Waals surface area contributed by atoms with Crippen LogP contribution in [0.5, 0.6) is 5.75 Å². The minimum atomic E-state index is -4.98. The van der Waals surface area contributed by atoms with Crippen molar-refractivity contribution in [2.75, 3.05) is 0 Å². The van der Waals surface area contributed by atoms with Crippen LogP contribution in [0.25, 0.3) is 21.9 Å². The highest BCUT2D eigenvalue weighted by molar-refractivity contribution is 5.89. The van der Waals surface area contributed by atoms with Gasteiger partial charge in [-0.2, -0.15) is 22.0 Å². The van der Waals surface area contributed by atoms with Crippen molar-refractivity contribution >= 4 is 10.8 Å². The van der Waals surface area contributed by atoms with Gasteiger partial charge >= 0.3 is 12.3 Å². The zero-order valence-electron chi connectivity index (χ0n) is 22.0. The third-order valence-electron chi connectivity index (χ3n) is 7.29. The van der Waals surface area contributed by atoms with E-state index in [1.807, 2.05) is 0 Å². The number of hydrogen-bond acceptors (Lipinski definition) is 1. The lowest BCUT2D eigenvalue weighted by atomic mass is 9.83. The van der Waals surface area contributed by atoms with Gasteiger partial charge in [0.15, 0.2) is 0 Å². The first kappa shape index (κ1) is 30.3. The predicted molar refractivity (Wildman–Crippen MR) is 139 cm³/mol. The molecule has 43 heavy (non-hydrogen) atoms. The van der Waals surface area contributed by atoms with Crippen LogP contribution < -0.4 is 4.74 Å². The summed E-state index contributed by atoms with van der Waals surface area (Å²) in [5.74, 6) is -5.51. The maximum absolute atomic E-state index is 15.0. The van der Waals surface area contributed by atoms with E-state index in [9.17, 15) is 39.5 Å². The highest BCUT2D eigenvalue weighted by Gasteiger charge is 2.41. The first-order valence-electron chi connectivity index (χ1n) is 13.1. The van der Waals surface area contributed by atoms with Crippen LogP contribution in [0.1, 0.15) is 54.7 Å². The van der Waals surface area contributed by atoms with Crippen molar-refractivity contribution < 1.29 is 48.6 Å². The van der Waals surface area contributed by atoms with E-state index in [4.69, 9.17) is 0 Å². The van der Waals surface area contributed by atoms with Gasteiger partial charge in [0.05, 0.1) is 5.56 Å². The van der Waals surface area contributed by atoms with Gasteiger partial charge in [-0.15, -0.1) is 0 Å². The van der Waals surface area contributed by atoms with Crippen LogP contribution in [0.15, 0.2) is 54.6 Å². The van der Waals surface area contributed by atoms with Gasteiger partial charge in [0.1, 0.15) is 40.4 Å². The normalized spacial score (nSPS) is 14.5. The number of benzene rings is 4. The Labute approximate surface area is 239 Å². The molecular formula is C32H20F10O. The monoisotopic (exact) mass is 610 g/mol. The molecule has 4 aromatic rings. The van der Waals surface area contributed by atoms with Crippen molar-refractivity contribution in [3.63, 3.8) is 0 Å². The molecule has 0 unspecified atom stereocenters. The fourth-order valence-corrected chi connectivity index (χ4v) is 5.28. The number of hydrogen-bond donors (Lipinski definition) is 0. The van der Waals surface area contributed by atoms with Gasteiger partial charge in [-0.25, -0.2) is 22.0 Å². The first-order valence-corrected chi connectivity index (χ1v) is 13.1. The average Bonchev–Trinajstić information content (AvgIpc) is 2.92. The molecule has 0 aromatic heterocycles. The number of ether oxygens (including phenoxy) is 1. The van der Waals surface area contributed by atoms with E-state index in [-0.39, 0.29) is 33.4 Å². The Kier molecular flexibility index (Phi) is 8.07. The Morgan fingerprint density at radius 1 is 0.698 bits per heavy atom. The van der Waals surface area contributed by atoms with E-state index in [0.29, 0.717) is 18.9 Å². The smallest absolute Gasteiger partial charge is 0.429 e. The summed E-state index contributed by atoms with van der Waals surface area (Å²) in [7, 11) is 0. The molecule has 0 bridgehead atoms. The van der Waals surface area contributed by atoms with Gasteiger partial charge in [0, 0.05) is 22.9 Å². The molecule has 0 atom stereocenters. The van der Waals surface area contributed by atoms with E-state index in [0.717, 1.165) is 67.6 Å². The number of halogens is 10. The predicted octanol–water partition coefficient (Wildman–Crippen LogP) is 10.3. The molecule has 0 aliphatic heterocycles. The van der Waals surface area contributed by atoms with Crippen molar-refractivity contribution in [3.05, 3.63) is 100 Å². The van der Waals surface area contributed by atoms with Gasteiger partial charge in [-0.1, -0.05) is 37.3 Å². The molecule has 0 amide bonds. The van der Waals surface area contributed by atoms with Gasteiger partial charge in [-0.05, 0) is 71.7 Å². The van der Waals surface area contributed by atoms with Crippen LogP contribution in [0, 0.1) is 40.9 Å². The molecule has 5 rings (SSSR count). The van der Waals surface area contributed by atoms with Crippen molar-refractivity contribution in [3.8, 4) is 28.7 Å². The molecule has 0 saturated heterocycles. The Balaban J connectivity index is 1.41. The summed E-state index contributed by atoms with van der Waals surface area (Å²) in [4.78, 5) is 0. The van der Waals surface area contributed by atoms with Gasteiger partial charge in [0.2, 0.25) is 0 Å². The summed E-state index contributed by atoms with van der Waals surface area (Å²) in [6.45, 7) is 0. The lowest BCUT2D eigenvalue weighted by Crippen LogP contribution is -2.25. The van der Waals surface area contributed by atoms with E-state index < -0.39 is 58.2 Å². The number of fused-ring (bicyclic) bond motifs is 1. The lowest BCUT2D eigenvalue weighted by Gasteiger charge is -2.24. The van der Waals surface area contributed by atoms with Crippen LogP contribution >= 0.6 is 0 Å². The lowest BCUT2D eigenvalue weighted by molar-refractivity contribution is -0.189. The standard InChI is InChI=1S/C32H20F10O/c33-25-15-20-12-18(6-8-23(20)30(37)24(25)10-11-31(38,39)40)22-9-7-21(16-26(22)34)43-32(41,42)29-27(35)13-19(14-28(29)36)17-4-2-1-3-5-17/h6-9,12-17H,1-5H2. The minimum absolute atomic E-state index is 0.0339. The SMILES string of the molecule is Fc1cc(OC(F)(F)c2c(F)cc(C3CCCCC3)cc2F)ccc1-c1ccc2c(F)c(C#CC(F)(F)F)c(F)cc2c1. The second-order valence-electron chi connectivity index (χ2n) is 10.2. The fourth-order valence-electron chi connectivity index (χ4n) is 5.28. The minimum Gasteiger partial charge on any atom is -0.429 e. The summed E-state index contributed by atoms with van der Waals surface area (Å²) in [6, 6.07) is 8.32. The van der Waals surface area contributed by atoms with Crippen LogP contribution in [-0.4, -0.2) is 6.18 Å². The van der Waals surface area contributed by atoms with Gasteiger partial charge in [0.25, 0.3) is 0 Å². The topological polar surface area (TPSA) is 9.23 Å². The van der Waals surface area contributed by atoms with Gasteiger partial charge < -0.3 is 4.74 Å². The summed E-state index contributed by atoms with van der Waals surface area (Å²) in [6.07, 6.45) is -5.38. The molecule has 1 aliphatic rings. The Hall–Kier alpha value is -4.20. The molecule has 1 saturated carbocycles. The third kappa shape index (κ3) is 6.43. The van der Waals surface area contributed by atoms with Crippen LogP contribution in [0.2, 0.25) is 0 Å². The quantitative estimate of drug-likeness (QED) is 0.161. The van der Waals surface area contributed by atoms with Gasteiger partial charge in [-0.3, -0.25) is 0 Å². The molecule has 1 aliphatic carbocycles. The number of rotatable bonds is 5. The van der Waals surface area contributed by atoms with Crippen LogP contribution in [0.3, 0.4) is 0 Å². The van der Waals surface area contributed by atoms with Crippen molar-refractivity contribution in [1.82, 2.24) is 0 Å². The van der Waals surface area contributed by atoms with E-state index >= 15 is 4.39 Å². The molecule has 1 nitrogen and oxygen atoms in total. The fraction of sp³-hybridized carbons (Fsp3) is 0.250. The molecule has 11 heteroatoms. The number of alkyl halides is 5. The summed E-state index contributed by atoms with van der Waals surface area (Å²) >= 11 is 0. The highest BCUT2D eigenvalue weighted by Crippen LogP contribution is 2.40. The Bertz CT molecular complexity index is 1740. The van der Waals surface area contributed by atoms with E-state index in [1.165, 1.54) is 12.0 Å². The first-order chi connectivity index (χ1) is 20.2. The van der Waals surface area contributed by atoms with Crippen molar-refractivity contribution in [2.45, 2.75) is 50.3 Å². The van der Waals surface area contributed by atoms with E-state index in [1.54, 1.807) is 0 Å². The zero-order valence-corrected chi connectivity index (χ0v) is 22.0. The van der Waals surface area contributed by atoms with Crippen LogP contribution in [-0.2, 0) is 6.11 Å². The molecule has 0 heterocycles. The summed E-state index contributed by atoms with van der Waals surface area (Å²) in [5, 5.41) is -0.436. The molecule has 1 fully saturated rings. The molecule has 0 spiro atoms. The van der Waals surface area contributed by atoms with Crippen molar-refractivity contribution in [2.24, 2.45) is 0 Å². The Morgan fingerprint density at radius 2 is 1.37 bits per heavy atom. The second-order valence-corrected chi connectivity index (χ2v) is 10.2. The summed E-state index contributed by atoms with van der Waals surface area (Å²) < 4.78 is 145. The second kappa shape index (κ2) is 11.5. The summed E-state index contributed by atoms with van der Waals surface area (Å²) in [5.41, 5.74) is -2.61. The Morgan fingerprint density at radius 3 is 2.00 bits per heavy atom. The van der Waals surface area contributed by atoms with E-state index in [2.05, 4.69) is 4.74 Å². The molecule has 0 radical (unpaired) electrons. The zero-order chi connectivity index (χ0) is 31.1. The largest absolute Gasteiger partial charge is 0.458 e. The third-order valence-corrected chi connectivity index (χ3v) is 7.29. The molecule has 4 aromatic carbocycles. The van der Waals surface area contributed by atoms with Crippen molar-refractivity contribution in [1.29, 1.82) is 0 Å². The van der Waals surface area contributed by atoms with Crippen LogP contribution in [0.4, 0.5) is 43.9 Å². The molecule has 0 N–H and O–H groups in total. The maximum atomic E-state index is 15.0. The highest BCUT2D eigenvalue weighted by atomic mass is 19.4. The average molecular weight is 610 g/mol.